The molecule has 0 aliphatic carbocycles. The van der Waals surface area contributed by atoms with Crippen LogP contribution < -0.4 is 10.6 Å². The smallest absolute Gasteiger partial charge is 0.257 e. The predicted molar refractivity (Wildman–Crippen MR) is 125 cm³/mol. The van der Waals surface area contributed by atoms with E-state index in [2.05, 4.69) is 52.9 Å². The Morgan fingerprint density at radius 1 is 1.03 bits per heavy atom. The molecule has 0 saturated carbocycles. The number of amides is 1. The zero-order chi connectivity index (χ0) is 20.2. The molecule has 0 unspecified atom stereocenters. The molecule has 4 rings (SSSR count). The SMILES string of the molecule is CCc1ccc(C(=O)NC(=S)Nc2nc(-c3ccc4ccccc4c3)cs2)cc1. The molecule has 144 valence electrons. The van der Waals surface area contributed by atoms with Crippen LogP contribution in [0.25, 0.3) is 22.0 Å². The second-order valence-electron chi connectivity index (χ2n) is 6.56. The summed E-state index contributed by atoms with van der Waals surface area (Å²) in [4.78, 5) is 16.9. The fourth-order valence-corrected chi connectivity index (χ4v) is 3.99. The van der Waals surface area contributed by atoms with Gasteiger partial charge in [0.2, 0.25) is 0 Å². The number of nitrogens with one attached hydrogen (secondary N) is 2. The Morgan fingerprint density at radius 3 is 2.55 bits per heavy atom. The first kappa shape index (κ1) is 19.2. The van der Waals surface area contributed by atoms with Gasteiger partial charge < -0.3 is 5.32 Å². The van der Waals surface area contributed by atoms with Crippen LogP contribution in [0.3, 0.4) is 0 Å². The molecule has 0 spiro atoms. The summed E-state index contributed by atoms with van der Waals surface area (Å²) < 4.78 is 0. The Hall–Kier alpha value is -3.09. The van der Waals surface area contributed by atoms with E-state index in [9.17, 15) is 4.79 Å². The van der Waals surface area contributed by atoms with Crippen LogP contribution in [-0.2, 0) is 6.42 Å². The number of hydrogen-bond donors (Lipinski definition) is 2. The van der Waals surface area contributed by atoms with Gasteiger partial charge in [-0.25, -0.2) is 4.98 Å². The Balaban J connectivity index is 1.42. The number of rotatable bonds is 4. The van der Waals surface area contributed by atoms with E-state index < -0.39 is 0 Å². The second kappa shape index (κ2) is 8.51. The number of nitrogens with zero attached hydrogens (tertiary/aromatic N) is 1. The third-order valence-electron chi connectivity index (χ3n) is 4.62. The molecule has 0 aliphatic heterocycles. The van der Waals surface area contributed by atoms with E-state index in [-0.39, 0.29) is 11.0 Å². The molecule has 1 aromatic heterocycles. The average Bonchev–Trinajstić information content (AvgIpc) is 3.21. The zero-order valence-corrected chi connectivity index (χ0v) is 17.4. The molecule has 0 atom stereocenters. The maximum atomic E-state index is 12.3. The minimum atomic E-state index is -0.239. The fourth-order valence-electron chi connectivity index (χ4n) is 3.01. The Kier molecular flexibility index (Phi) is 5.64. The summed E-state index contributed by atoms with van der Waals surface area (Å²) in [5.74, 6) is -0.239. The van der Waals surface area contributed by atoms with Gasteiger partial charge in [0.15, 0.2) is 10.2 Å². The van der Waals surface area contributed by atoms with Crippen molar-refractivity contribution in [2.24, 2.45) is 0 Å². The highest BCUT2D eigenvalue weighted by molar-refractivity contribution is 7.80. The van der Waals surface area contributed by atoms with E-state index >= 15 is 0 Å². The number of aryl methyl sites for hydroxylation is 1. The van der Waals surface area contributed by atoms with Gasteiger partial charge in [-0.3, -0.25) is 10.1 Å². The number of hydrogen-bond acceptors (Lipinski definition) is 4. The quantitative estimate of drug-likeness (QED) is 0.421. The summed E-state index contributed by atoms with van der Waals surface area (Å²) >= 11 is 6.72. The molecule has 29 heavy (non-hydrogen) atoms. The lowest BCUT2D eigenvalue weighted by atomic mass is 10.1. The van der Waals surface area contributed by atoms with E-state index in [0.29, 0.717) is 10.7 Å². The standard InChI is InChI=1S/C23H19N3OS2/c1-2-15-7-9-17(10-8-15)21(27)25-22(28)26-23-24-20(14-29-23)19-12-11-16-5-3-4-6-18(16)13-19/h3-14H,2H2,1H3,(H2,24,25,26,27,28). The fraction of sp³-hybridized carbons (Fsp3) is 0.0870. The van der Waals surface area contributed by atoms with Crippen LogP contribution in [0.4, 0.5) is 5.13 Å². The van der Waals surface area contributed by atoms with Crippen molar-refractivity contribution < 1.29 is 4.79 Å². The number of benzene rings is 3. The number of thiocarbonyl (C=S) groups is 1. The van der Waals surface area contributed by atoms with Crippen LogP contribution in [0.15, 0.2) is 72.1 Å². The average molecular weight is 418 g/mol. The molecule has 2 N–H and O–H groups in total. The summed E-state index contributed by atoms with van der Waals surface area (Å²) in [6, 6.07) is 22.0. The van der Waals surface area contributed by atoms with Gasteiger partial charge in [0.05, 0.1) is 5.69 Å². The van der Waals surface area contributed by atoms with Crippen molar-refractivity contribution in [3.8, 4) is 11.3 Å². The molecular weight excluding hydrogens is 398 g/mol. The largest absolute Gasteiger partial charge is 0.308 e. The third kappa shape index (κ3) is 4.50. The molecule has 3 aromatic carbocycles. The first-order chi connectivity index (χ1) is 14.1. The molecule has 0 aliphatic rings. The number of aromatic nitrogens is 1. The Labute approximate surface area is 178 Å². The number of anilines is 1. The van der Waals surface area contributed by atoms with Crippen molar-refractivity contribution in [3.63, 3.8) is 0 Å². The normalized spacial score (nSPS) is 10.7. The highest BCUT2D eigenvalue weighted by Gasteiger charge is 2.10. The van der Waals surface area contributed by atoms with Crippen molar-refractivity contribution in [3.05, 3.63) is 83.2 Å². The Morgan fingerprint density at radius 2 is 1.79 bits per heavy atom. The Bertz CT molecular complexity index is 1180. The molecule has 0 fully saturated rings. The highest BCUT2D eigenvalue weighted by atomic mass is 32.1. The van der Waals surface area contributed by atoms with Crippen LogP contribution in [0.1, 0.15) is 22.8 Å². The lowest BCUT2D eigenvalue weighted by molar-refractivity contribution is 0.0977. The monoisotopic (exact) mass is 417 g/mol. The van der Waals surface area contributed by atoms with Gasteiger partial charge in [-0.15, -0.1) is 11.3 Å². The lowest BCUT2D eigenvalue weighted by Gasteiger charge is -2.07. The van der Waals surface area contributed by atoms with Crippen molar-refractivity contribution in [1.82, 2.24) is 10.3 Å². The molecule has 4 aromatic rings. The summed E-state index contributed by atoms with van der Waals surface area (Å²) in [5.41, 5.74) is 3.67. The van der Waals surface area contributed by atoms with Crippen molar-refractivity contribution >= 4 is 50.5 Å². The van der Waals surface area contributed by atoms with Gasteiger partial charge in [0, 0.05) is 16.5 Å². The summed E-state index contributed by atoms with van der Waals surface area (Å²) in [7, 11) is 0. The molecule has 0 radical (unpaired) electrons. The molecule has 1 heterocycles. The lowest BCUT2D eigenvalue weighted by Crippen LogP contribution is -2.34. The first-order valence-corrected chi connectivity index (χ1v) is 10.6. The van der Waals surface area contributed by atoms with E-state index in [1.807, 2.05) is 29.6 Å². The number of thiazole rings is 1. The van der Waals surface area contributed by atoms with E-state index in [1.54, 1.807) is 12.1 Å². The van der Waals surface area contributed by atoms with Crippen molar-refractivity contribution in [2.45, 2.75) is 13.3 Å². The van der Waals surface area contributed by atoms with E-state index in [1.165, 1.54) is 27.7 Å². The molecule has 1 amide bonds. The van der Waals surface area contributed by atoms with Crippen LogP contribution in [0.2, 0.25) is 0 Å². The zero-order valence-electron chi connectivity index (χ0n) is 15.8. The summed E-state index contributed by atoms with van der Waals surface area (Å²) in [5, 5.41) is 10.9. The maximum absolute atomic E-state index is 12.3. The summed E-state index contributed by atoms with van der Waals surface area (Å²) in [6.45, 7) is 2.08. The predicted octanol–water partition coefficient (Wildman–Crippen LogP) is 5.65. The number of carbonyl (C=O) groups is 1. The molecule has 0 saturated heterocycles. The van der Waals surface area contributed by atoms with Gasteiger partial charge in [0.1, 0.15) is 0 Å². The third-order valence-corrected chi connectivity index (χ3v) is 5.58. The molecular formula is C23H19N3OS2. The maximum Gasteiger partial charge on any atom is 0.257 e. The topological polar surface area (TPSA) is 54.0 Å². The molecule has 0 bridgehead atoms. The number of fused-ring (bicyclic) bond motifs is 1. The number of carbonyl (C=O) groups excluding carboxylic acids is 1. The summed E-state index contributed by atoms with van der Waals surface area (Å²) in [6.07, 6.45) is 0.936. The molecule has 6 heteroatoms. The van der Waals surface area contributed by atoms with Crippen LogP contribution in [0, 0.1) is 0 Å². The van der Waals surface area contributed by atoms with Crippen molar-refractivity contribution in [2.75, 3.05) is 5.32 Å². The van der Waals surface area contributed by atoms with Gasteiger partial charge in [-0.1, -0.05) is 55.5 Å². The molecule has 4 nitrogen and oxygen atoms in total. The van der Waals surface area contributed by atoms with Gasteiger partial charge in [0.25, 0.3) is 5.91 Å². The first-order valence-electron chi connectivity index (χ1n) is 9.28. The second-order valence-corrected chi connectivity index (χ2v) is 7.82. The van der Waals surface area contributed by atoms with E-state index in [4.69, 9.17) is 12.2 Å². The van der Waals surface area contributed by atoms with Crippen molar-refractivity contribution in [1.29, 1.82) is 0 Å². The highest BCUT2D eigenvalue weighted by Crippen LogP contribution is 2.27. The van der Waals surface area contributed by atoms with Crippen LogP contribution in [-0.4, -0.2) is 16.0 Å². The van der Waals surface area contributed by atoms with Gasteiger partial charge in [-0.05, 0) is 53.2 Å². The van der Waals surface area contributed by atoms with Gasteiger partial charge >= 0.3 is 0 Å². The van der Waals surface area contributed by atoms with Crippen LogP contribution >= 0.6 is 23.6 Å². The minimum absolute atomic E-state index is 0.231. The minimum Gasteiger partial charge on any atom is -0.308 e. The van der Waals surface area contributed by atoms with Gasteiger partial charge in [-0.2, -0.15) is 0 Å². The van der Waals surface area contributed by atoms with Crippen LogP contribution in [0.5, 0.6) is 0 Å². The van der Waals surface area contributed by atoms with E-state index in [0.717, 1.165) is 17.7 Å².